The lowest BCUT2D eigenvalue weighted by molar-refractivity contribution is -0.128. The maximum absolute atomic E-state index is 13.4. The highest BCUT2D eigenvalue weighted by molar-refractivity contribution is 6.00. The zero-order valence-corrected chi connectivity index (χ0v) is 38.1. The van der Waals surface area contributed by atoms with E-state index >= 15 is 0 Å². The SMILES string of the molecule is CC(C)[C@@H]1C(=O)N[C@@H](c2ccc(F)cc2)C/C=C/C[C@@H](C)Oc2ccccc2C(=O)N1C.CC(C)[C@@H]1C(=O)N[C@@H](c2ccc(F)cc2)C/C=C\C[C@@H](C)Oc2ccccc2C(=O)N1C. The Morgan fingerprint density at radius 1 is 0.516 bits per heavy atom. The molecule has 6 atom stereocenters. The van der Waals surface area contributed by atoms with Crippen LogP contribution in [0.1, 0.15) is 111 Å². The molecule has 64 heavy (non-hydrogen) atoms. The van der Waals surface area contributed by atoms with Crippen LogP contribution in [0.4, 0.5) is 8.78 Å². The summed E-state index contributed by atoms with van der Waals surface area (Å²) in [5, 5.41) is 6.17. The van der Waals surface area contributed by atoms with Crippen molar-refractivity contribution in [3.8, 4) is 11.5 Å². The van der Waals surface area contributed by atoms with Crippen LogP contribution in [0, 0.1) is 23.5 Å². The maximum atomic E-state index is 13.4. The summed E-state index contributed by atoms with van der Waals surface area (Å²) in [7, 11) is 3.29. The van der Waals surface area contributed by atoms with Crippen LogP contribution < -0.4 is 20.1 Å². The number of carbonyl (C=O) groups excluding carboxylic acids is 4. The Kier molecular flexibility index (Phi) is 17.4. The van der Waals surface area contributed by atoms with Crippen molar-refractivity contribution >= 4 is 23.6 Å². The Balaban J connectivity index is 0.000000241. The van der Waals surface area contributed by atoms with Crippen molar-refractivity contribution in [2.45, 2.75) is 104 Å². The van der Waals surface area contributed by atoms with Gasteiger partial charge in [0, 0.05) is 26.9 Å². The Morgan fingerprint density at radius 3 is 1.19 bits per heavy atom. The van der Waals surface area contributed by atoms with Gasteiger partial charge in [0.2, 0.25) is 11.8 Å². The molecule has 0 aromatic heterocycles. The number of halogens is 2. The molecule has 2 heterocycles. The number of nitrogens with zero attached hydrogens (tertiary/aromatic N) is 2. The fourth-order valence-electron chi connectivity index (χ4n) is 8.01. The molecule has 12 heteroatoms. The molecule has 4 aromatic rings. The van der Waals surface area contributed by atoms with Crippen LogP contribution in [-0.4, -0.2) is 71.8 Å². The van der Waals surface area contributed by atoms with Crippen molar-refractivity contribution in [2.75, 3.05) is 14.1 Å². The van der Waals surface area contributed by atoms with E-state index in [1.807, 2.05) is 78.0 Å². The van der Waals surface area contributed by atoms with Gasteiger partial charge in [-0.25, -0.2) is 8.78 Å². The summed E-state index contributed by atoms with van der Waals surface area (Å²) in [4.78, 5) is 56.4. The molecule has 6 rings (SSSR count). The molecule has 0 bridgehead atoms. The van der Waals surface area contributed by atoms with Crippen molar-refractivity contribution < 1.29 is 37.4 Å². The molecular formula is C52H62F2N4O6. The molecule has 2 N–H and O–H groups in total. The number of rotatable bonds is 4. The Labute approximate surface area is 376 Å². The number of ether oxygens (including phenoxy) is 2. The van der Waals surface area contributed by atoms with E-state index in [4.69, 9.17) is 9.47 Å². The minimum atomic E-state index is -0.678. The summed E-state index contributed by atoms with van der Waals surface area (Å²) in [6, 6.07) is 24.5. The van der Waals surface area contributed by atoms with Crippen LogP contribution >= 0.6 is 0 Å². The summed E-state index contributed by atoms with van der Waals surface area (Å²) in [6.07, 6.45) is 10.2. The van der Waals surface area contributed by atoms with Gasteiger partial charge in [-0.2, -0.15) is 0 Å². The number of hydrogen-bond acceptors (Lipinski definition) is 6. The smallest absolute Gasteiger partial charge is 0.258 e. The Hall–Kier alpha value is -6.30. The average Bonchev–Trinajstić information content (AvgIpc) is 3.25. The zero-order valence-electron chi connectivity index (χ0n) is 38.1. The molecule has 2 aliphatic heterocycles. The summed E-state index contributed by atoms with van der Waals surface area (Å²) in [6.45, 7) is 11.6. The van der Waals surface area contributed by atoms with E-state index in [2.05, 4.69) is 10.6 Å². The van der Waals surface area contributed by atoms with Crippen molar-refractivity contribution in [3.05, 3.63) is 155 Å². The highest BCUT2D eigenvalue weighted by Gasteiger charge is 2.34. The molecule has 0 spiro atoms. The fourth-order valence-corrected chi connectivity index (χ4v) is 8.01. The normalized spacial score (nSPS) is 23.7. The fraction of sp³-hybridized carbons (Fsp3) is 0.385. The lowest BCUT2D eigenvalue weighted by Gasteiger charge is -2.32. The predicted octanol–water partition coefficient (Wildman–Crippen LogP) is 9.79. The first kappa shape index (κ1) is 48.7. The van der Waals surface area contributed by atoms with Crippen molar-refractivity contribution in [1.29, 1.82) is 0 Å². The first-order valence-corrected chi connectivity index (χ1v) is 22.0. The molecule has 4 aromatic carbocycles. The molecule has 4 amide bonds. The summed E-state index contributed by atoms with van der Waals surface area (Å²) in [5.74, 6) is -0.909. The van der Waals surface area contributed by atoms with E-state index in [-0.39, 0.29) is 71.4 Å². The second-order valence-electron chi connectivity index (χ2n) is 17.2. The topological polar surface area (TPSA) is 117 Å². The number of hydrogen-bond donors (Lipinski definition) is 2. The number of para-hydroxylation sites is 2. The van der Waals surface area contributed by atoms with Gasteiger partial charge >= 0.3 is 0 Å². The highest BCUT2D eigenvalue weighted by atomic mass is 19.1. The van der Waals surface area contributed by atoms with Crippen LogP contribution in [0.5, 0.6) is 11.5 Å². The maximum Gasteiger partial charge on any atom is 0.258 e. The average molecular weight is 877 g/mol. The van der Waals surface area contributed by atoms with Gasteiger partial charge in [-0.15, -0.1) is 0 Å². The largest absolute Gasteiger partial charge is 0.490 e. The number of fused-ring (bicyclic) bond motifs is 2. The van der Waals surface area contributed by atoms with Crippen molar-refractivity contribution in [1.82, 2.24) is 20.4 Å². The summed E-state index contributed by atoms with van der Waals surface area (Å²) >= 11 is 0. The molecule has 0 saturated heterocycles. The van der Waals surface area contributed by atoms with Crippen molar-refractivity contribution in [3.63, 3.8) is 0 Å². The molecule has 0 fully saturated rings. The zero-order chi connectivity index (χ0) is 46.5. The van der Waals surface area contributed by atoms with Gasteiger partial charge in [0.25, 0.3) is 11.8 Å². The third-order valence-corrected chi connectivity index (χ3v) is 11.4. The Morgan fingerprint density at radius 2 is 0.844 bits per heavy atom. The van der Waals surface area contributed by atoms with Gasteiger partial charge < -0.3 is 29.9 Å². The predicted molar refractivity (Wildman–Crippen MR) is 246 cm³/mol. The van der Waals surface area contributed by atoms with Gasteiger partial charge in [0.05, 0.1) is 35.4 Å². The number of likely N-dealkylation sites (N-methyl/N-ethyl adjacent to an activating group) is 2. The number of carbonyl (C=O) groups is 4. The monoisotopic (exact) mass is 876 g/mol. The van der Waals surface area contributed by atoms with Crippen LogP contribution in [0.2, 0.25) is 0 Å². The van der Waals surface area contributed by atoms with Gasteiger partial charge in [0.1, 0.15) is 35.2 Å². The van der Waals surface area contributed by atoms with E-state index < -0.39 is 12.1 Å². The first-order valence-electron chi connectivity index (χ1n) is 22.0. The van der Waals surface area contributed by atoms with E-state index in [0.29, 0.717) is 48.3 Å². The van der Waals surface area contributed by atoms with E-state index in [0.717, 1.165) is 11.1 Å². The van der Waals surface area contributed by atoms with Gasteiger partial charge in [-0.3, -0.25) is 19.2 Å². The molecule has 340 valence electrons. The van der Waals surface area contributed by atoms with E-state index in [1.165, 1.54) is 34.1 Å². The van der Waals surface area contributed by atoms with E-state index in [1.54, 1.807) is 74.8 Å². The van der Waals surface area contributed by atoms with Crippen LogP contribution in [0.15, 0.2) is 121 Å². The number of benzene rings is 4. The number of amides is 4. The van der Waals surface area contributed by atoms with Crippen LogP contribution in [0.25, 0.3) is 0 Å². The van der Waals surface area contributed by atoms with Crippen molar-refractivity contribution in [2.24, 2.45) is 11.8 Å². The molecule has 10 nitrogen and oxygen atoms in total. The standard InChI is InChI=1S/2C26H31FN2O3/c2*1-17(2)24-25(30)28-22(19-13-15-20(27)16-14-19)11-7-5-9-18(3)32-23-12-8-6-10-21(23)26(31)29(24)4/h2*5-8,10,12-18,22,24H,9,11H2,1-4H3,(H,28,30)/b7-5+;7-5-/t2*18-,22-,24-/m11/s1. The second-order valence-corrected chi connectivity index (χ2v) is 17.2. The lowest BCUT2D eigenvalue weighted by Crippen LogP contribution is -2.51. The molecule has 0 aliphatic carbocycles. The number of nitrogens with one attached hydrogen (secondary N) is 2. The molecule has 2 aliphatic rings. The quantitative estimate of drug-likeness (QED) is 0.197. The van der Waals surface area contributed by atoms with Gasteiger partial charge in [0.15, 0.2) is 0 Å². The molecule has 0 saturated carbocycles. The minimum Gasteiger partial charge on any atom is -0.490 e. The molecular weight excluding hydrogens is 815 g/mol. The third-order valence-electron chi connectivity index (χ3n) is 11.4. The van der Waals surface area contributed by atoms with Gasteiger partial charge in [-0.1, -0.05) is 101 Å². The third kappa shape index (κ3) is 12.9. The second kappa shape index (κ2) is 22.9. The Bertz CT molecular complexity index is 2100. The lowest BCUT2D eigenvalue weighted by atomic mass is 9.98. The van der Waals surface area contributed by atoms with Crippen LogP contribution in [0.3, 0.4) is 0 Å². The summed E-state index contributed by atoms with van der Waals surface area (Å²) < 4.78 is 39.0. The molecule has 0 radical (unpaired) electrons. The minimum absolute atomic E-state index is 0.117. The highest BCUT2D eigenvalue weighted by Crippen LogP contribution is 2.28. The van der Waals surface area contributed by atoms with E-state index in [9.17, 15) is 28.0 Å². The van der Waals surface area contributed by atoms with Crippen LogP contribution in [-0.2, 0) is 9.59 Å². The molecule has 0 unspecified atom stereocenters. The van der Waals surface area contributed by atoms with Gasteiger partial charge in [-0.05, 0) is 98.2 Å². The summed E-state index contributed by atoms with van der Waals surface area (Å²) in [5.41, 5.74) is 2.47. The first-order chi connectivity index (χ1) is 30.5.